The lowest BCUT2D eigenvalue weighted by Crippen LogP contribution is -2.15. The van der Waals surface area contributed by atoms with Crippen LogP contribution in [0, 0.1) is 0 Å². The Morgan fingerprint density at radius 3 is 3.00 bits per heavy atom. The van der Waals surface area contributed by atoms with E-state index in [1.54, 1.807) is 42.6 Å². The summed E-state index contributed by atoms with van der Waals surface area (Å²) < 4.78 is 6.50. The Hall–Kier alpha value is -3.09. The van der Waals surface area contributed by atoms with E-state index >= 15 is 0 Å². The van der Waals surface area contributed by atoms with Crippen LogP contribution in [-0.4, -0.2) is 20.8 Å². The number of oxazole rings is 1. The van der Waals surface area contributed by atoms with Crippen LogP contribution in [-0.2, 0) is 6.54 Å². The first kappa shape index (κ1) is 12.9. The second-order valence-electron chi connectivity index (χ2n) is 4.41. The van der Waals surface area contributed by atoms with Crippen LogP contribution in [0.25, 0.3) is 11.2 Å². The predicted octanol–water partition coefficient (Wildman–Crippen LogP) is 2.13. The van der Waals surface area contributed by atoms with Gasteiger partial charge in [-0.3, -0.25) is 9.88 Å². The van der Waals surface area contributed by atoms with Crippen LogP contribution in [0.4, 0.5) is 10.5 Å². The molecule has 0 saturated carbocycles. The lowest BCUT2D eigenvalue weighted by Gasteiger charge is -2.05. The zero-order valence-electron chi connectivity index (χ0n) is 10.8. The quantitative estimate of drug-likeness (QED) is 0.768. The molecule has 0 saturated heterocycles. The lowest BCUT2D eigenvalue weighted by molar-refractivity contribution is 0.210. The fourth-order valence-corrected chi connectivity index (χ4v) is 2.09. The first-order valence-corrected chi connectivity index (χ1v) is 6.17. The third-order valence-corrected chi connectivity index (χ3v) is 2.94. The minimum atomic E-state index is -1.14. The molecule has 0 aliphatic carbocycles. The summed E-state index contributed by atoms with van der Waals surface area (Å²) >= 11 is 0. The fraction of sp³-hybridized carbons (Fsp3) is 0.0714. The number of anilines is 1. The molecule has 1 aromatic carbocycles. The van der Waals surface area contributed by atoms with Gasteiger partial charge in [0.25, 0.3) is 0 Å². The zero-order chi connectivity index (χ0) is 14.8. The van der Waals surface area contributed by atoms with Gasteiger partial charge in [0.05, 0.1) is 6.54 Å². The molecule has 0 fully saturated rings. The van der Waals surface area contributed by atoms with Gasteiger partial charge >= 0.3 is 11.8 Å². The number of amides is 1. The topological polar surface area (TPSA) is 97.4 Å². The van der Waals surface area contributed by atoms with Gasteiger partial charge in [0.15, 0.2) is 11.2 Å². The van der Waals surface area contributed by atoms with Crippen molar-refractivity contribution in [2.24, 2.45) is 0 Å². The van der Waals surface area contributed by atoms with E-state index in [0.717, 1.165) is 5.56 Å². The molecular formula is C14H11N3O4. The number of pyridine rings is 1. The number of hydrogen-bond acceptors (Lipinski definition) is 4. The number of benzene rings is 1. The predicted molar refractivity (Wildman–Crippen MR) is 75.5 cm³/mol. The highest BCUT2D eigenvalue weighted by Crippen LogP contribution is 2.14. The van der Waals surface area contributed by atoms with E-state index in [0.29, 0.717) is 16.9 Å². The molecule has 0 aliphatic heterocycles. The zero-order valence-corrected chi connectivity index (χ0v) is 10.8. The summed E-state index contributed by atoms with van der Waals surface area (Å²) in [6.45, 7) is 0.248. The Balaban J connectivity index is 1.97. The Morgan fingerprint density at radius 1 is 1.33 bits per heavy atom. The van der Waals surface area contributed by atoms with Crippen LogP contribution >= 0.6 is 0 Å². The van der Waals surface area contributed by atoms with Gasteiger partial charge in [-0.05, 0) is 29.8 Å². The highest BCUT2D eigenvalue weighted by atomic mass is 16.4. The van der Waals surface area contributed by atoms with Crippen molar-refractivity contribution in [1.29, 1.82) is 0 Å². The maximum absolute atomic E-state index is 11.9. The Bertz CT molecular complexity index is 866. The summed E-state index contributed by atoms with van der Waals surface area (Å²) in [7, 11) is 0. The third-order valence-electron chi connectivity index (χ3n) is 2.94. The molecule has 2 heterocycles. The maximum Gasteiger partial charge on any atom is 0.421 e. The van der Waals surface area contributed by atoms with Crippen LogP contribution in [0.15, 0.2) is 51.8 Å². The molecule has 3 aromatic rings. The van der Waals surface area contributed by atoms with Gasteiger partial charge in [-0.1, -0.05) is 12.1 Å². The molecular weight excluding hydrogens is 274 g/mol. The largest absolute Gasteiger partial charge is 0.465 e. The SMILES string of the molecule is O=C(O)Nc1cccc(Cn2c(=O)oc3cccnc32)c1. The summed E-state index contributed by atoms with van der Waals surface area (Å²) in [5.41, 5.74) is 2.08. The molecule has 7 heteroatoms. The van der Waals surface area contributed by atoms with E-state index in [9.17, 15) is 9.59 Å². The first-order valence-electron chi connectivity index (χ1n) is 6.17. The minimum absolute atomic E-state index is 0.248. The van der Waals surface area contributed by atoms with Crippen molar-refractivity contribution in [3.8, 4) is 0 Å². The lowest BCUT2D eigenvalue weighted by atomic mass is 10.2. The van der Waals surface area contributed by atoms with E-state index < -0.39 is 11.8 Å². The van der Waals surface area contributed by atoms with Crippen LogP contribution in [0.3, 0.4) is 0 Å². The summed E-state index contributed by atoms with van der Waals surface area (Å²) in [4.78, 5) is 26.6. The Morgan fingerprint density at radius 2 is 2.19 bits per heavy atom. The van der Waals surface area contributed by atoms with Gasteiger partial charge in [-0.15, -0.1) is 0 Å². The number of aromatic nitrogens is 2. The number of fused-ring (bicyclic) bond motifs is 1. The summed E-state index contributed by atoms with van der Waals surface area (Å²) in [5.74, 6) is -0.500. The average Bonchev–Trinajstić information content (AvgIpc) is 2.75. The molecule has 0 atom stereocenters. The highest BCUT2D eigenvalue weighted by Gasteiger charge is 2.10. The molecule has 7 nitrogen and oxygen atoms in total. The van der Waals surface area contributed by atoms with Gasteiger partial charge in [-0.2, -0.15) is 0 Å². The Labute approximate surface area is 118 Å². The maximum atomic E-state index is 11.9. The van der Waals surface area contributed by atoms with E-state index in [2.05, 4.69) is 10.3 Å². The number of rotatable bonds is 3. The summed E-state index contributed by atoms with van der Waals surface area (Å²) in [6.07, 6.45) is 0.440. The van der Waals surface area contributed by atoms with Crippen molar-refractivity contribution in [2.75, 3.05) is 5.32 Å². The second-order valence-corrected chi connectivity index (χ2v) is 4.41. The molecule has 0 spiro atoms. The molecule has 0 radical (unpaired) electrons. The van der Waals surface area contributed by atoms with Crippen molar-refractivity contribution in [2.45, 2.75) is 6.54 Å². The molecule has 2 aromatic heterocycles. The van der Waals surface area contributed by atoms with E-state index in [-0.39, 0.29) is 6.54 Å². The normalized spacial score (nSPS) is 10.7. The van der Waals surface area contributed by atoms with Gasteiger partial charge in [0.2, 0.25) is 0 Å². The third kappa shape index (κ3) is 2.62. The molecule has 0 bridgehead atoms. The van der Waals surface area contributed by atoms with Crippen LogP contribution < -0.4 is 11.1 Å². The van der Waals surface area contributed by atoms with Gasteiger partial charge in [0.1, 0.15) is 0 Å². The van der Waals surface area contributed by atoms with Crippen LogP contribution in [0.5, 0.6) is 0 Å². The highest BCUT2D eigenvalue weighted by molar-refractivity contribution is 5.82. The van der Waals surface area contributed by atoms with Gasteiger partial charge < -0.3 is 9.52 Å². The summed E-state index contributed by atoms with van der Waals surface area (Å²) in [5, 5.41) is 11.0. The molecule has 3 rings (SSSR count). The Kier molecular flexibility index (Phi) is 3.15. The number of carboxylic acid groups (broad SMARTS) is 1. The van der Waals surface area contributed by atoms with Crippen molar-refractivity contribution < 1.29 is 14.3 Å². The van der Waals surface area contributed by atoms with Crippen molar-refractivity contribution >= 4 is 23.0 Å². The van der Waals surface area contributed by atoms with E-state index in [1.165, 1.54) is 4.57 Å². The summed E-state index contributed by atoms with van der Waals surface area (Å²) in [6, 6.07) is 10.1. The molecule has 1 amide bonds. The molecule has 21 heavy (non-hydrogen) atoms. The monoisotopic (exact) mass is 285 g/mol. The van der Waals surface area contributed by atoms with Crippen molar-refractivity contribution in [3.63, 3.8) is 0 Å². The molecule has 106 valence electrons. The smallest absolute Gasteiger partial charge is 0.421 e. The van der Waals surface area contributed by atoms with Gasteiger partial charge in [0, 0.05) is 11.9 Å². The molecule has 0 aliphatic rings. The number of carbonyl (C=O) groups is 1. The minimum Gasteiger partial charge on any atom is -0.465 e. The standard InChI is InChI=1S/C14H11N3O4/c18-13(19)16-10-4-1-3-9(7-10)8-17-12-11(21-14(17)20)5-2-6-15-12/h1-7,16H,8H2,(H,18,19). The van der Waals surface area contributed by atoms with E-state index in [4.69, 9.17) is 9.52 Å². The number of nitrogens with zero attached hydrogens (tertiary/aromatic N) is 2. The molecule has 2 N–H and O–H groups in total. The van der Waals surface area contributed by atoms with E-state index in [1.807, 2.05) is 0 Å². The van der Waals surface area contributed by atoms with Crippen molar-refractivity contribution in [1.82, 2.24) is 9.55 Å². The first-order chi connectivity index (χ1) is 10.1. The van der Waals surface area contributed by atoms with Crippen LogP contribution in [0.2, 0.25) is 0 Å². The molecule has 0 unspecified atom stereocenters. The number of nitrogens with one attached hydrogen (secondary N) is 1. The average molecular weight is 285 g/mol. The van der Waals surface area contributed by atoms with Crippen molar-refractivity contribution in [3.05, 3.63) is 58.7 Å². The van der Waals surface area contributed by atoms with Crippen LogP contribution in [0.1, 0.15) is 5.56 Å². The fourth-order valence-electron chi connectivity index (χ4n) is 2.09. The number of hydrogen-bond donors (Lipinski definition) is 2. The second kappa shape index (κ2) is 5.12. The van der Waals surface area contributed by atoms with Gasteiger partial charge in [-0.25, -0.2) is 14.6 Å².